The molecule has 0 aliphatic carbocycles. The summed E-state index contributed by atoms with van der Waals surface area (Å²) in [6, 6.07) is 4.03. The molecular weight excluding hydrogens is 200 g/mol. The fourth-order valence-electron chi connectivity index (χ4n) is 1.80. The van der Waals surface area contributed by atoms with Crippen LogP contribution in [-0.2, 0) is 6.42 Å². The van der Waals surface area contributed by atoms with Crippen LogP contribution in [0.15, 0.2) is 12.1 Å². The first kappa shape index (κ1) is 12.7. The van der Waals surface area contributed by atoms with Crippen LogP contribution in [0, 0.1) is 0 Å². The summed E-state index contributed by atoms with van der Waals surface area (Å²) in [6.07, 6.45) is 1.95. The Morgan fingerprint density at radius 3 is 2.31 bits per heavy atom. The highest BCUT2D eigenvalue weighted by molar-refractivity contribution is 5.77. The number of hydrogen-bond donors (Lipinski definition) is 3. The van der Waals surface area contributed by atoms with Gasteiger partial charge in [0.25, 0.3) is 0 Å². The van der Waals surface area contributed by atoms with Crippen LogP contribution in [0.1, 0.15) is 32.8 Å². The third kappa shape index (κ3) is 2.81. The molecule has 3 N–H and O–H groups in total. The van der Waals surface area contributed by atoms with Crippen LogP contribution in [-0.4, -0.2) is 18.2 Å². The molecule has 1 rings (SSSR count). The number of benzene rings is 1. The van der Waals surface area contributed by atoms with Crippen molar-refractivity contribution < 1.29 is 5.11 Å². The van der Waals surface area contributed by atoms with Gasteiger partial charge in [-0.15, -0.1) is 0 Å². The number of hydrogen-bond acceptors (Lipinski definition) is 3. The van der Waals surface area contributed by atoms with Gasteiger partial charge in [0.1, 0.15) is 11.4 Å². The first-order valence-corrected chi connectivity index (χ1v) is 6.07. The molecule has 3 nitrogen and oxygen atoms in total. The predicted molar refractivity (Wildman–Crippen MR) is 70.4 cm³/mol. The molecule has 0 heterocycles. The predicted octanol–water partition coefficient (Wildman–Crippen LogP) is 3.21. The average molecular weight is 222 g/mol. The third-order valence-electron chi connectivity index (χ3n) is 2.50. The van der Waals surface area contributed by atoms with E-state index in [2.05, 4.69) is 17.6 Å². The van der Waals surface area contributed by atoms with Crippen molar-refractivity contribution in [1.29, 1.82) is 0 Å². The van der Waals surface area contributed by atoms with E-state index in [9.17, 15) is 5.11 Å². The van der Waals surface area contributed by atoms with Crippen molar-refractivity contribution in [2.75, 3.05) is 23.7 Å². The highest BCUT2D eigenvalue weighted by Crippen LogP contribution is 2.35. The lowest BCUT2D eigenvalue weighted by atomic mass is 10.1. The molecule has 16 heavy (non-hydrogen) atoms. The second-order valence-electron chi connectivity index (χ2n) is 3.81. The minimum Gasteiger partial charge on any atom is -0.505 e. The fourth-order valence-corrected chi connectivity index (χ4v) is 1.80. The van der Waals surface area contributed by atoms with Crippen molar-refractivity contribution in [2.24, 2.45) is 0 Å². The van der Waals surface area contributed by atoms with Gasteiger partial charge in [0.05, 0.1) is 5.69 Å². The molecular formula is C13H22N2O. The van der Waals surface area contributed by atoms with E-state index in [0.717, 1.165) is 42.9 Å². The maximum atomic E-state index is 10.2. The highest BCUT2D eigenvalue weighted by Gasteiger charge is 2.10. The Balaban J connectivity index is 3.07. The lowest BCUT2D eigenvalue weighted by Gasteiger charge is -2.16. The van der Waals surface area contributed by atoms with E-state index in [-0.39, 0.29) is 0 Å². The molecule has 0 unspecified atom stereocenters. The molecule has 0 spiro atoms. The van der Waals surface area contributed by atoms with Crippen LogP contribution in [0.2, 0.25) is 0 Å². The Hall–Kier alpha value is -1.38. The molecule has 0 bridgehead atoms. The van der Waals surface area contributed by atoms with Gasteiger partial charge in [-0.05, 0) is 31.9 Å². The smallest absolute Gasteiger partial charge is 0.143 e. The van der Waals surface area contributed by atoms with Gasteiger partial charge in [0.15, 0.2) is 0 Å². The molecule has 90 valence electrons. The molecule has 0 aliphatic heterocycles. The van der Waals surface area contributed by atoms with Gasteiger partial charge in [-0.2, -0.15) is 0 Å². The Morgan fingerprint density at radius 1 is 1.06 bits per heavy atom. The van der Waals surface area contributed by atoms with Crippen LogP contribution in [0.5, 0.6) is 5.75 Å². The van der Waals surface area contributed by atoms with E-state index < -0.39 is 0 Å². The van der Waals surface area contributed by atoms with Gasteiger partial charge in [-0.1, -0.05) is 19.4 Å². The van der Waals surface area contributed by atoms with Gasteiger partial charge in [-0.3, -0.25) is 0 Å². The summed E-state index contributed by atoms with van der Waals surface area (Å²) in [5.41, 5.74) is 2.82. The van der Waals surface area contributed by atoms with E-state index in [4.69, 9.17) is 0 Å². The van der Waals surface area contributed by atoms with Gasteiger partial charge < -0.3 is 15.7 Å². The van der Waals surface area contributed by atoms with Crippen molar-refractivity contribution in [3.63, 3.8) is 0 Å². The van der Waals surface area contributed by atoms with Crippen molar-refractivity contribution in [2.45, 2.75) is 33.6 Å². The van der Waals surface area contributed by atoms with E-state index in [1.807, 2.05) is 26.0 Å². The molecule has 0 atom stereocenters. The summed E-state index contributed by atoms with van der Waals surface area (Å²) in [5, 5.41) is 16.6. The molecule has 0 amide bonds. The minimum atomic E-state index is 0.391. The Kier molecular flexibility index (Phi) is 4.96. The summed E-state index contributed by atoms with van der Waals surface area (Å²) in [4.78, 5) is 0. The number of anilines is 2. The SMILES string of the molecule is CCCc1ccc(NCC)c(NCC)c1O. The standard InChI is InChI=1S/C13H22N2O/c1-4-7-10-8-9-11(14-5-2)12(13(10)16)15-6-3/h8-9,14-16H,4-7H2,1-3H3. The van der Waals surface area contributed by atoms with Crippen molar-refractivity contribution >= 4 is 11.4 Å². The van der Waals surface area contributed by atoms with E-state index >= 15 is 0 Å². The second-order valence-corrected chi connectivity index (χ2v) is 3.81. The summed E-state index contributed by atoms with van der Waals surface area (Å²) in [5.74, 6) is 0.391. The fraction of sp³-hybridized carbons (Fsp3) is 0.538. The Bertz CT molecular complexity index is 337. The normalized spacial score (nSPS) is 10.2. The average Bonchev–Trinajstić information content (AvgIpc) is 2.28. The Morgan fingerprint density at radius 2 is 1.75 bits per heavy atom. The maximum absolute atomic E-state index is 10.2. The van der Waals surface area contributed by atoms with Crippen molar-refractivity contribution in [1.82, 2.24) is 0 Å². The van der Waals surface area contributed by atoms with Gasteiger partial charge in [0, 0.05) is 13.1 Å². The Labute approximate surface area is 97.9 Å². The number of phenols is 1. The van der Waals surface area contributed by atoms with E-state index in [0.29, 0.717) is 5.75 Å². The molecule has 3 heteroatoms. The zero-order valence-corrected chi connectivity index (χ0v) is 10.4. The third-order valence-corrected chi connectivity index (χ3v) is 2.50. The number of aromatic hydroxyl groups is 1. The van der Waals surface area contributed by atoms with Crippen molar-refractivity contribution in [3.05, 3.63) is 17.7 Å². The quantitative estimate of drug-likeness (QED) is 0.648. The summed E-state index contributed by atoms with van der Waals surface area (Å²) in [6.45, 7) is 7.85. The van der Waals surface area contributed by atoms with Crippen LogP contribution in [0.4, 0.5) is 11.4 Å². The molecule has 0 aromatic heterocycles. The summed E-state index contributed by atoms with van der Waals surface area (Å²) in [7, 11) is 0. The lowest BCUT2D eigenvalue weighted by Crippen LogP contribution is -2.05. The first-order valence-electron chi connectivity index (χ1n) is 6.07. The second kappa shape index (κ2) is 6.26. The molecule has 0 saturated carbocycles. The van der Waals surface area contributed by atoms with Gasteiger partial charge in [0.2, 0.25) is 0 Å². The zero-order chi connectivity index (χ0) is 12.0. The summed E-state index contributed by atoms with van der Waals surface area (Å²) < 4.78 is 0. The van der Waals surface area contributed by atoms with Gasteiger partial charge in [-0.25, -0.2) is 0 Å². The highest BCUT2D eigenvalue weighted by atomic mass is 16.3. The molecule has 0 radical (unpaired) electrons. The molecule has 0 saturated heterocycles. The van der Waals surface area contributed by atoms with Crippen molar-refractivity contribution in [3.8, 4) is 5.75 Å². The number of aryl methyl sites for hydroxylation is 1. The minimum absolute atomic E-state index is 0.391. The first-order chi connectivity index (χ1) is 7.74. The number of phenolic OH excluding ortho intramolecular Hbond substituents is 1. The lowest BCUT2D eigenvalue weighted by molar-refractivity contribution is 0.470. The van der Waals surface area contributed by atoms with Gasteiger partial charge >= 0.3 is 0 Å². The monoisotopic (exact) mass is 222 g/mol. The van der Waals surface area contributed by atoms with E-state index in [1.165, 1.54) is 0 Å². The molecule has 0 aliphatic rings. The zero-order valence-electron chi connectivity index (χ0n) is 10.4. The van der Waals surface area contributed by atoms with Crippen LogP contribution in [0.3, 0.4) is 0 Å². The van der Waals surface area contributed by atoms with Crippen LogP contribution < -0.4 is 10.6 Å². The maximum Gasteiger partial charge on any atom is 0.143 e. The topological polar surface area (TPSA) is 44.3 Å². The van der Waals surface area contributed by atoms with Crippen LogP contribution in [0.25, 0.3) is 0 Å². The number of rotatable bonds is 6. The molecule has 1 aromatic carbocycles. The molecule has 0 fully saturated rings. The number of nitrogens with one attached hydrogen (secondary N) is 2. The summed E-state index contributed by atoms with van der Waals surface area (Å²) >= 11 is 0. The largest absolute Gasteiger partial charge is 0.505 e. The molecule has 1 aromatic rings. The van der Waals surface area contributed by atoms with Crippen LogP contribution >= 0.6 is 0 Å². The van der Waals surface area contributed by atoms with E-state index in [1.54, 1.807) is 0 Å².